The van der Waals surface area contributed by atoms with Gasteiger partial charge in [-0.2, -0.15) is 0 Å². The van der Waals surface area contributed by atoms with E-state index in [1.54, 1.807) is 12.1 Å². The third-order valence-electron chi connectivity index (χ3n) is 3.76. The second kappa shape index (κ2) is 6.71. The maximum atomic E-state index is 13.5. The van der Waals surface area contributed by atoms with Crippen molar-refractivity contribution in [3.05, 3.63) is 71.0 Å². The van der Waals surface area contributed by atoms with E-state index >= 15 is 0 Å². The summed E-state index contributed by atoms with van der Waals surface area (Å²) in [5.74, 6) is -0.182. The molecule has 4 heteroatoms. The van der Waals surface area contributed by atoms with Crippen molar-refractivity contribution in [1.29, 1.82) is 0 Å². The van der Waals surface area contributed by atoms with E-state index in [2.05, 4.69) is 41.7 Å². The second-order valence-electron chi connectivity index (χ2n) is 5.56. The van der Waals surface area contributed by atoms with Crippen LogP contribution in [0, 0.1) is 12.7 Å². The van der Waals surface area contributed by atoms with Gasteiger partial charge in [-0.3, -0.25) is 0 Å². The molecule has 0 fully saturated rings. The van der Waals surface area contributed by atoms with E-state index in [1.165, 1.54) is 11.6 Å². The maximum Gasteiger partial charge on any atom is 0.145 e. The smallest absolute Gasteiger partial charge is 0.145 e. The fraction of sp³-hybridized carbons (Fsp3) is 0.278. The summed E-state index contributed by atoms with van der Waals surface area (Å²) in [7, 11) is 0. The molecule has 2 aromatic rings. The van der Waals surface area contributed by atoms with Crippen LogP contribution >= 0.6 is 0 Å². The monoisotopic (exact) mass is 298 g/mol. The van der Waals surface area contributed by atoms with Crippen molar-refractivity contribution >= 4 is 5.71 Å². The molecule has 0 saturated carbocycles. The number of nitrogens with zero attached hydrogens (tertiary/aromatic N) is 1. The number of hydrogen-bond acceptors (Lipinski definition) is 3. The van der Waals surface area contributed by atoms with Gasteiger partial charge in [0.1, 0.15) is 11.9 Å². The quantitative estimate of drug-likeness (QED) is 0.917. The average molecular weight is 298 g/mol. The van der Waals surface area contributed by atoms with E-state index in [4.69, 9.17) is 4.84 Å². The molecule has 22 heavy (non-hydrogen) atoms. The van der Waals surface area contributed by atoms with Crippen molar-refractivity contribution in [1.82, 2.24) is 5.32 Å². The van der Waals surface area contributed by atoms with Gasteiger partial charge in [-0.25, -0.2) is 4.39 Å². The van der Waals surface area contributed by atoms with Crippen LogP contribution in [0.15, 0.2) is 53.7 Å². The van der Waals surface area contributed by atoms with E-state index in [1.807, 2.05) is 6.07 Å². The highest BCUT2D eigenvalue weighted by atomic mass is 19.1. The highest BCUT2D eigenvalue weighted by Gasteiger charge is 2.21. The lowest BCUT2D eigenvalue weighted by Crippen LogP contribution is -2.27. The Morgan fingerprint density at radius 1 is 1.18 bits per heavy atom. The van der Waals surface area contributed by atoms with Crippen molar-refractivity contribution in [2.75, 3.05) is 6.54 Å². The van der Waals surface area contributed by atoms with Crippen LogP contribution in [0.5, 0.6) is 0 Å². The van der Waals surface area contributed by atoms with Gasteiger partial charge in [0.15, 0.2) is 0 Å². The summed E-state index contributed by atoms with van der Waals surface area (Å²) in [5.41, 5.74) is 3.96. The number of nitrogens with one attached hydrogen (secondary N) is 1. The van der Waals surface area contributed by atoms with E-state index in [9.17, 15) is 4.39 Å². The molecular weight excluding hydrogens is 279 g/mol. The van der Waals surface area contributed by atoms with Crippen LogP contribution < -0.4 is 5.32 Å². The molecule has 0 aromatic heterocycles. The van der Waals surface area contributed by atoms with Crippen molar-refractivity contribution in [3.63, 3.8) is 0 Å². The van der Waals surface area contributed by atoms with Crippen LogP contribution in [0.4, 0.5) is 4.39 Å². The van der Waals surface area contributed by atoms with Crippen LogP contribution in [0.2, 0.25) is 0 Å². The molecule has 0 aliphatic carbocycles. The number of benzene rings is 2. The summed E-state index contributed by atoms with van der Waals surface area (Å²) in [4.78, 5) is 5.45. The zero-order valence-electron chi connectivity index (χ0n) is 12.6. The first-order valence-corrected chi connectivity index (χ1v) is 7.46. The van der Waals surface area contributed by atoms with Gasteiger partial charge in [-0.1, -0.05) is 53.2 Å². The Balaban J connectivity index is 1.48. The van der Waals surface area contributed by atoms with E-state index in [-0.39, 0.29) is 11.9 Å². The first-order valence-electron chi connectivity index (χ1n) is 7.46. The van der Waals surface area contributed by atoms with Crippen molar-refractivity contribution < 1.29 is 9.23 Å². The SMILES string of the molecule is Cc1ccc(C2=NO[C@@H](CNCc3ccccc3F)C2)cc1. The molecule has 0 saturated heterocycles. The number of rotatable bonds is 5. The molecule has 1 aliphatic rings. The summed E-state index contributed by atoms with van der Waals surface area (Å²) in [5, 5.41) is 7.39. The summed E-state index contributed by atoms with van der Waals surface area (Å²) >= 11 is 0. The highest BCUT2D eigenvalue weighted by Crippen LogP contribution is 2.17. The molecule has 3 nitrogen and oxygen atoms in total. The van der Waals surface area contributed by atoms with Crippen LogP contribution in [-0.4, -0.2) is 18.4 Å². The standard InChI is InChI=1S/C18H19FN2O/c1-13-6-8-14(9-7-13)18-10-16(22-21-18)12-20-11-15-4-2-3-5-17(15)19/h2-9,16,20H,10-12H2,1H3/t16-/m1/s1. The zero-order chi connectivity index (χ0) is 15.4. The number of halogens is 1. The Morgan fingerprint density at radius 3 is 2.73 bits per heavy atom. The fourth-order valence-electron chi connectivity index (χ4n) is 2.46. The Kier molecular flexibility index (Phi) is 4.49. The predicted molar refractivity (Wildman–Crippen MR) is 85.3 cm³/mol. The first kappa shape index (κ1) is 14.7. The molecule has 0 spiro atoms. The Bertz CT molecular complexity index is 667. The number of oxime groups is 1. The average Bonchev–Trinajstić information content (AvgIpc) is 2.99. The van der Waals surface area contributed by atoms with E-state index in [0.717, 1.165) is 17.7 Å². The van der Waals surface area contributed by atoms with Gasteiger partial charge < -0.3 is 10.2 Å². The molecule has 1 heterocycles. The molecule has 1 aliphatic heterocycles. The van der Waals surface area contributed by atoms with Crippen molar-refractivity contribution in [2.45, 2.75) is 26.0 Å². The molecule has 0 radical (unpaired) electrons. The number of aryl methyl sites for hydroxylation is 1. The first-order chi connectivity index (χ1) is 10.7. The van der Waals surface area contributed by atoms with E-state index in [0.29, 0.717) is 18.7 Å². The third kappa shape index (κ3) is 3.52. The van der Waals surface area contributed by atoms with Crippen LogP contribution in [0.25, 0.3) is 0 Å². The Labute approximate surface area is 129 Å². The normalized spacial score (nSPS) is 17.2. The number of hydrogen-bond donors (Lipinski definition) is 1. The molecule has 2 aromatic carbocycles. The molecule has 1 atom stereocenters. The zero-order valence-corrected chi connectivity index (χ0v) is 12.6. The lowest BCUT2D eigenvalue weighted by molar-refractivity contribution is 0.0848. The third-order valence-corrected chi connectivity index (χ3v) is 3.76. The summed E-state index contributed by atoms with van der Waals surface area (Å²) in [6.45, 7) is 3.20. The fourth-order valence-corrected chi connectivity index (χ4v) is 2.46. The lowest BCUT2D eigenvalue weighted by Gasteiger charge is -2.10. The minimum atomic E-state index is -0.182. The summed E-state index contributed by atoms with van der Waals surface area (Å²) < 4.78 is 13.5. The molecule has 3 rings (SSSR count). The van der Waals surface area contributed by atoms with Gasteiger partial charge >= 0.3 is 0 Å². The molecule has 1 N–H and O–H groups in total. The second-order valence-corrected chi connectivity index (χ2v) is 5.56. The van der Waals surface area contributed by atoms with Gasteiger partial charge in [0.25, 0.3) is 0 Å². The van der Waals surface area contributed by atoms with Crippen molar-refractivity contribution in [2.24, 2.45) is 5.16 Å². The lowest BCUT2D eigenvalue weighted by atomic mass is 10.0. The molecule has 0 bridgehead atoms. The van der Waals surface area contributed by atoms with Gasteiger partial charge in [0.05, 0.1) is 5.71 Å². The van der Waals surface area contributed by atoms with Crippen LogP contribution in [-0.2, 0) is 11.4 Å². The predicted octanol–water partition coefficient (Wildman–Crippen LogP) is 3.42. The van der Waals surface area contributed by atoms with Crippen LogP contribution in [0.3, 0.4) is 0 Å². The van der Waals surface area contributed by atoms with Gasteiger partial charge in [-0.05, 0) is 18.6 Å². The van der Waals surface area contributed by atoms with E-state index < -0.39 is 0 Å². The highest BCUT2D eigenvalue weighted by molar-refractivity contribution is 6.01. The Hall–Kier alpha value is -2.20. The van der Waals surface area contributed by atoms with Gasteiger partial charge in [0, 0.05) is 25.1 Å². The minimum Gasteiger partial charge on any atom is -0.390 e. The van der Waals surface area contributed by atoms with Gasteiger partial charge in [0.2, 0.25) is 0 Å². The van der Waals surface area contributed by atoms with Gasteiger partial charge in [-0.15, -0.1) is 0 Å². The topological polar surface area (TPSA) is 33.6 Å². The summed E-state index contributed by atoms with van der Waals surface area (Å²) in [6, 6.07) is 15.1. The Morgan fingerprint density at radius 2 is 1.95 bits per heavy atom. The molecular formula is C18H19FN2O. The van der Waals surface area contributed by atoms with Crippen molar-refractivity contribution in [3.8, 4) is 0 Å². The molecule has 0 unspecified atom stereocenters. The maximum absolute atomic E-state index is 13.5. The largest absolute Gasteiger partial charge is 0.390 e. The summed E-state index contributed by atoms with van der Waals surface area (Å²) in [6.07, 6.45) is 0.774. The minimum absolute atomic E-state index is 0.00285. The van der Waals surface area contributed by atoms with Crippen LogP contribution in [0.1, 0.15) is 23.1 Å². The molecule has 114 valence electrons. The molecule has 0 amide bonds.